The number of hydrogen-bond donors (Lipinski definition) is 2. The molecule has 2 aliphatic rings. The summed E-state index contributed by atoms with van der Waals surface area (Å²) in [7, 11) is 0. The predicted molar refractivity (Wildman–Crippen MR) is 84.7 cm³/mol. The number of carbonyl (C=O) groups is 2. The van der Waals surface area contributed by atoms with E-state index in [1.54, 1.807) is 0 Å². The molecular weight excluding hydrogens is 284 g/mol. The van der Waals surface area contributed by atoms with Crippen molar-refractivity contribution in [3.8, 4) is 0 Å². The van der Waals surface area contributed by atoms with Crippen LogP contribution < -0.4 is 11.1 Å². The minimum absolute atomic E-state index is 0.0179. The lowest BCUT2D eigenvalue weighted by atomic mass is 10.0. The Hall–Kier alpha value is -1.36. The van der Waals surface area contributed by atoms with E-state index in [1.165, 1.54) is 41.9 Å². The fourth-order valence-corrected chi connectivity index (χ4v) is 4.89. The Morgan fingerprint density at radius 1 is 1.19 bits per heavy atom. The standard InChI is InChI=1S/C16H22N2O2S/c17-15(20)14-11-6-3-7-12(11)21-16(14)18-13(19)9-8-10-4-1-2-5-10/h10H,1-9H2,(H2,17,20)(H,18,19). The van der Waals surface area contributed by atoms with Crippen LogP contribution in [0.2, 0.25) is 0 Å². The van der Waals surface area contributed by atoms with E-state index in [-0.39, 0.29) is 5.91 Å². The first-order valence-electron chi connectivity index (χ1n) is 7.89. The molecule has 3 rings (SSSR count). The van der Waals surface area contributed by atoms with Gasteiger partial charge in [0.1, 0.15) is 5.00 Å². The van der Waals surface area contributed by atoms with E-state index in [9.17, 15) is 9.59 Å². The molecule has 3 N–H and O–H groups in total. The zero-order chi connectivity index (χ0) is 14.8. The molecule has 0 bridgehead atoms. The van der Waals surface area contributed by atoms with Gasteiger partial charge in [-0.05, 0) is 37.2 Å². The van der Waals surface area contributed by atoms with Crippen LogP contribution in [0.4, 0.5) is 5.00 Å². The number of nitrogens with two attached hydrogens (primary N) is 1. The quantitative estimate of drug-likeness (QED) is 0.876. The van der Waals surface area contributed by atoms with Crippen LogP contribution in [0.15, 0.2) is 0 Å². The molecule has 0 unspecified atom stereocenters. The molecule has 0 spiro atoms. The highest BCUT2D eigenvalue weighted by molar-refractivity contribution is 7.17. The molecule has 5 heteroatoms. The monoisotopic (exact) mass is 306 g/mol. The summed E-state index contributed by atoms with van der Waals surface area (Å²) in [5.41, 5.74) is 7.12. The molecule has 0 aliphatic heterocycles. The second-order valence-electron chi connectivity index (χ2n) is 6.16. The minimum Gasteiger partial charge on any atom is -0.365 e. The Morgan fingerprint density at radius 2 is 1.95 bits per heavy atom. The van der Waals surface area contributed by atoms with Crippen molar-refractivity contribution < 1.29 is 9.59 Å². The summed E-state index contributed by atoms with van der Waals surface area (Å²) in [4.78, 5) is 25.0. The summed E-state index contributed by atoms with van der Waals surface area (Å²) in [6, 6.07) is 0. The van der Waals surface area contributed by atoms with Crippen molar-refractivity contribution in [3.05, 3.63) is 16.0 Å². The first kappa shape index (κ1) is 14.6. The molecule has 4 nitrogen and oxygen atoms in total. The van der Waals surface area contributed by atoms with Gasteiger partial charge in [-0.1, -0.05) is 25.7 Å². The largest absolute Gasteiger partial charge is 0.365 e. The van der Waals surface area contributed by atoms with Gasteiger partial charge in [0.05, 0.1) is 5.56 Å². The van der Waals surface area contributed by atoms with Crippen LogP contribution in [0, 0.1) is 5.92 Å². The van der Waals surface area contributed by atoms with Crippen LogP contribution in [0.5, 0.6) is 0 Å². The van der Waals surface area contributed by atoms with Crippen molar-refractivity contribution in [2.24, 2.45) is 11.7 Å². The van der Waals surface area contributed by atoms with E-state index >= 15 is 0 Å². The summed E-state index contributed by atoms with van der Waals surface area (Å²) >= 11 is 1.53. The fraction of sp³-hybridized carbons (Fsp3) is 0.625. The van der Waals surface area contributed by atoms with E-state index < -0.39 is 5.91 Å². The number of amides is 2. The van der Waals surface area contributed by atoms with Crippen molar-refractivity contribution in [2.75, 3.05) is 5.32 Å². The highest BCUT2D eigenvalue weighted by Gasteiger charge is 2.26. The smallest absolute Gasteiger partial charge is 0.251 e. The van der Waals surface area contributed by atoms with E-state index in [0.717, 1.165) is 31.2 Å². The molecule has 1 aromatic rings. The number of carbonyl (C=O) groups excluding carboxylic acids is 2. The summed E-state index contributed by atoms with van der Waals surface area (Å²) in [6.07, 6.45) is 9.61. The van der Waals surface area contributed by atoms with Gasteiger partial charge in [0, 0.05) is 11.3 Å². The average Bonchev–Trinajstić information content (AvgIpc) is 3.11. The Bertz CT molecular complexity index is 559. The molecule has 1 fully saturated rings. The van der Waals surface area contributed by atoms with Crippen LogP contribution in [0.1, 0.15) is 65.7 Å². The maximum absolute atomic E-state index is 12.1. The summed E-state index contributed by atoms with van der Waals surface area (Å²) in [5, 5.41) is 3.59. The van der Waals surface area contributed by atoms with Crippen molar-refractivity contribution >= 4 is 28.2 Å². The number of rotatable bonds is 5. The van der Waals surface area contributed by atoms with Crippen molar-refractivity contribution in [1.29, 1.82) is 0 Å². The Labute approximate surface area is 129 Å². The molecule has 0 atom stereocenters. The van der Waals surface area contributed by atoms with E-state index in [4.69, 9.17) is 5.73 Å². The number of hydrogen-bond acceptors (Lipinski definition) is 3. The number of primary amides is 1. The maximum atomic E-state index is 12.1. The second kappa shape index (κ2) is 6.18. The van der Waals surface area contributed by atoms with Gasteiger partial charge in [-0.25, -0.2) is 0 Å². The Kier molecular flexibility index (Phi) is 4.29. The molecule has 2 aliphatic carbocycles. The zero-order valence-electron chi connectivity index (χ0n) is 12.2. The highest BCUT2D eigenvalue weighted by atomic mass is 32.1. The molecule has 0 radical (unpaired) electrons. The molecule has 21 heavy (non-hydrogen) atoms. The topological polar surface area (TPSA) is 72.2 Å². The van der Waals surface area contributed by atoms with Crippen molar-refractivity contribution in [1.82, 2.24) is 0 Å². The lowest BCUT2D eigenvalue weighted by molar-refractivity contribution is -0.116. The van der Waals surface area contributed by atoms with Gasteiger partial charge < -0.3 is 11.1 Å². The van der Waals surface area contributed by atoms with Crippen molar-refractivity contribution in [2.45, 2.75) is 57.8 Å². The second-order valence-corrected chi connectivity index (χ2v) is 7.27. The van der Waals surface area contributed by atoms with E-state index in [2.05, 4.69) is 5.32 Å². The lowest BCUT2D eigenvalue weighted by Gasteiger charge is -2.09. The van der Waals surface area contributed by atoms with Gasteiger partial charge in [0.2, 0.25) is 5.91 Å². The Morgan fingerprint density at radius 3 is 2.67 bits per heavy atom. The van der Waals surface area contributed by atoms with Gasteiger partial charge in [-0.2, -0.15) is 0 Å². The lowest BCUT2D eigenvalue weighted by Crippen LogP contribution is -2.18. The number of thiophene rings is 1. The molecule has 1 saturated carbocycles. The fourth-order valence-electron chi connectivity index (χ4n) is 3.58. The summed E-state index contributed by atoms with van der Waals surface area (Å²) in [6.45, 7) is 0. The molecular formula is C16H22N2O2S. The Balaban J connectivity index is 1.64. The highest BCUT2D eigenvalue weighted by Crippen LogP contribution is 2.39. The third-order valence-corrected chi connectivity index (χ3v) is 5.88. The SMILES string of the molecule is NC(=O)c1c(NC(=O)CCC2CCCC2)sc2c1CCC2. The summed E-state index contributed by atoms with van der Waals surface area (Å²) < 4.78 is 0. The third-order valence-electron chi connectivity index (χ3n) is 4.68. The predicted octanol–water partition coefficient (Wildman–Crippen LogP) is 3.24. The van der Waals surface area contributed by atoms with Crippen LogP contribution in [-0.4, -0.2) is 11.8 Å². The molecule has 0 aromatic carbocycles. The average molecular weight is 306 g/mol. The van der Waals surface area contributed by atoms with Gasteiger partial charge >= 0.3 is 0 Å². The first-order chi connectivity index (χ1) is 10.1. The van der Waals surface area contributed by atoms with Gasteiger partial charge in [0.25, 0.3) is 5.91 Å². The van der Waals surface area contributed by atoms with Gasteiger partial charge in [0.15, 0.2) is 0 Å². The number of aryl methyl sites for hydroxylation is 1. The minimum atomic E-state index is -0.416. The first-order valence-corrected chi connectivity index (χ1v) is 8.71. The molecule has 114 valence electrons. The summed E-state index contributed by atoms with van der Waals surface area (Å²) in [5.74, 6) is 0.310. The van der Waals surface area contributed by atoms with E-state index in [1.807, 2.05) is 0 Å². The van der Waals surface area contributed by atoms with Gasteiger partial charge in [-0.3, -0.25) is 9.59 Å². The van der Waals surface area contributed by atoms with Crippen LogP contribution >= 0.6 is 11.3 Å². The molecule has 1 heterocycles. The molecule has 0 saturated heterocycles. The molecule has 1 aromatic heterocycles. The van der Waals surface area contributed by atoms with E-state index in [0.29, 0.717) is 22.9 Å². The van der Waals surface area contributed by atoms with Crippen molar-refractivity contribution in [3.63, 3.8) is 0 Å². The zero-order valence-corrected chi connectivity index (χ0v) is 13.1. The van der Waals surface area contributed by atoms with Gasteiger partial charge in [-0.15, -0.1) is 11.3 Å². The third kappa shape index (κ3) is 3.12. The van der Waals surface area contributed by atoms with Crippen LogP contribution in [0.25, 0.3) is 0 Å². The molecule has 2 amide bonds. The maximum Gasteiger partial charge on any atom is 0.251 e. The number of anilines is 1. The number of nitrogens with one attached hydrogen (secondary N) is 1. The normalized spacial score (nSPS) is 17.9. The van der Waals surface area contributed by atoms with Crippen LogP contribution in [0.3, 0.4) is 0 Å². The number of fused-ring (bicyclic) bond motifs is 1. The van der Waals surface area contributed by atoms with Crippen LogP contribution in [-0.2, 0) is 17.6 Å².